The van der Waals surface area contributed by atoms with E-state index >= 15 is 0 Å². The van der Waals surface area contributed by atoms with E-state index in [4.69, 9.17) is 5.26 Å². The van der Waals surface area contributed by atoms with E-state index in [1.807, 2.05) is 0 Å². The van der Waals surface area contributed by atoms with Gasteiger partial charge in [-0.15, -0.1) is 27.4 Å². The summed E-state index contributed by atoms with van der Waals surface area (Å²) in [5.41, 5.74) is 0. The van der Waals surface area contributed by atoms with Gasteiger partial charge in [-0.05, 0) is 4.53 Å². The number of nitrogens with zero attached hydrogens (tertiary/aromatic N) is 1. The van der Waals surface area contributed by atoms with Crippen LogP contribution in [0.25, 0.3) is 0 Å². The van der Waals surface area contributed by atoms with Crippen LogP contribution in [-0.4, -0.2) is 13.0 Å². The van der Waals surface area contributed by atoms with Crippen molar-refractivity contribution in [2.45, 2.75) is 6.36 Å². The zero-order valence-electron chi connectivity index (χ0n) is 6.56. The number of nitriles is 1. The molecule has 0 spiro atoms. The van der Waals surface area contributed by atoms with Crippen LogP contribution in [-0.2, 0) is 28.4 Å². The molecule has 0 N–H and O–H groups in total. The molecular formula is C3H2F4NO6P. The van der Waals surface area contributed by atoms with Crippen molar-refractivity contribution in [3.05, 3.63) is 0 Å². The van der Waals surface area contributed by atoms with Gasteiger partial charge in [-0.25, -0.2) is 9.45 Å². The first-order valence-corrected chi connectivity index (χ1v) is 4.32. The highest BCUT2D eigenvalue weighted by Crippen LogP contribution is 2.51. The summed E-state index contributed by atoms with van der Waals surface area (Å²) in [6.07, 6.45) is -5.34. The number of hydrogen-bond acceptors (Lipinski definition) is 7. The predicted molar refractivity (Wildman–Crippen MR) is 30.7 cm³/mol. The average molecular weight is 255 g/mol. The van der Waals surface area contributed by atoms with Gasteiger partial charge in [0, 0.05) is 0 Å². The molecule has 1 unspecified atom stereocenters. The van der Waals surface area contributed by atoms with Crippen molar-refractivity contribution < 1.29 is 46.1 Å². The Kier molecular flexibility index (Phi) is 5.66. The zero-order chi connectivity index (χ0) is 11.9. The minimum Gasteiger partial charge on any atom is -0.220 e. The maximum absolute atomic E-state index is 11.4. The fourth-order valence-electron chi connectivity index (χ4n) is 0.241. The largest absolute Gasteiger partial charge is 0.561 e. The molecule has 12 heteroatoms. The molecule has 0 amide bonds. The molecule has 0 aromatic carbocycles. The standard InChI is InChI=1S/C3H2F4NO6P/c4-3(5,6)11-14-15(9,12-7)13-10-2-1-8/h2H2. The van der Waals surface area contributed by atoms with Crippen LogP contribution in [0.3, 0.4) is 0 Å². The van der Waals surface area contributed by atoms with E-state index in [2.05, 4.69) is 23.9 Å². The molecule has 0 aliphatic carbocycles. The van der Waals surface area contributed by atoms with Crippen LogP contribution < -0.4 is 0 Å². The van der Waals surface area contributed by atoms with E-state index < -0.39 is 20.8 Å². The van der Waals surface area contributed by atoms with E-state index in [1.165, 1.54) is 6.07 Å². The summed E-state index contributed by atoms with van der Waals surface area (Å²) in [7, 11) is -5.31. The summed E-state index contributed by atoms with van der Waals surface area (Å²) in [5.74, 6) is 0. The van der Waals surface area contributed by atoms with Crippen LogP contribution in [0.5, 0.6) is 0 Å². The van der Waals surface area contributed by atoms with Crippen LogP contribution in [0.4, 0.5) is 17.7 Å². The lowest BCUT2D eigenvalue weighted by Crippen LogP contribution is -2.13. The van der Waals surface area contributed by atoms with Crippen molar-refractivity contribution in [1.29, 1.82) is 5.26 Å². The Bertz CT molecular complexity index is 275. The smallest absolute Gasteiger partial charge is 0.220 e. The molecule has 0 aromatic heterocycles. The highest BCUT2D eigenvalue weighted by molar-refractivity contribution is 7.48. The summed E-state index contributed by atoms with van der Waals surface area (Å²) < 4.78 is 64.8. The third kappa shape index (κ3) is 7.20. The molecule has 0 aromatic rings. The van der Waals surface area contributed by atoms with E-state index in [1.54, 1.807) is 0 Å². The van der Waals surface area contributed by atoms with Crippen molar-refractivity contribution in [1.82, 2.24) is 0 Å². The van der Waals surface area contributed by atoms with Gasteiger partial charge in [0.2, 0.25) is 0 Å². The van der Waals surface area contributed by atoms with Gasteiger partial charge >= 0.3 is 14.2 Å². The Morgan fingerprint density at radius 1 is 1.33 bits per heavy atom. The van der Waals surface area contributed by atoms with Crippen molar-refractivity contribution in [3.8, 4) is 6.07 Å². The van der Waals surface area contributed by atoms with Gasteiger partial charge in [-0.2, -0.15) is 5.26 Å². The van der Waals surface area contributed by atoms with Gasteiger partial charge in [0.25, 0.3) is 0 Å². The summed E-state index contributed by atoms with van der Waals surface area (Å²) >= 11 is 0. The van der Waals surface area contributed by atoms with Crippen LogP contribution in [0.2, 0.25) is 0 Å². The Balaban J connectivity index is 4.09. The SMILES string of the molecule is N#CCOOP(=O)(OF)OOC(F)(F)F. The van der Waals surface area contributed by atoms with Crippen molar-refractivity contribution >= 4 is 7.82 Å². The molecule has 0 fully saturated rings. The van der Waals surface area contributed by atoms with Gasteiger partial charge in [-0.1, -0.05) is 4.73 Å². The first-order chi connectivity index (χ1) is 6.83. The lowest BCUT2D eigenvalue weighted by Gasteiger charge is -2.10. The zero-order valence-corrected chi connectivity index (χ0v) is 7.46. The molecule has 0 aliphatic heterocycles. The first-order valence-electron chi connectivity index (χ1n) is 2.85. The highest BCUT2D eigenvalue weighted by atomic mass is 31.2. The predicted octanol–water partition coefficient (Wildman–Crippen LogP) is 1.94. The number of halogens is 4. The van der Waals surface area contributed by atoms with E-state index in [0.717, 1.165) is 0 Å². The molecular weight excluding hydrogens is 253 g/mol. The number of hydrogen-bond donors (Lipinski definition) is 0. The lowest BCUT2D eigenvalue weighted by molar-refractivity contribution is -0.457. The van der Waals surface area contributed by atoms with Crippen molar-refractivity contribution in [2.75, 3.05) is 6.61 Å². The monoisotopic (exact) mass is 255 g/mol. The minimum atomic E-state index is -5.34. The maximum Gasteiger partial charge on any atom is 0.561 e. The van der Waals surface area contributed by atoms with Crippen LogP contribution in [0, 0.1) is 11.3 Å². The van der Waals surface area contributed by atoms with Gasteiger partial charge in [0.1, 0.15) is 0 Å². The Hall–Kier alpha value is -0.760. The third-order valence-corrected chi connectivity index (χ3v) is 1.29. The van der Waals surface area contributed by atoms with E-state index in [9.17, 15) is 22.3 Å². The number of phosphoric acid groups is 1. The third-order valence-electron chi connectivity index (χ3n) is 0.575. The molecule has 0 radical (unpaired) electrons. The van der Waals surface area contributed by atoms with Crippen LogP contribution in [0.15, 0.2) is 0 Å². The molecule has 88 valence electrons. The highest BCUT2D eigenvalue weighted by Gasteiger charge is 2.40. The fourth-order valence-corrected chi connectivity index (χ4v) is 0.669. The normalized spacial score (nSPS) is 15.7. The minimum absolute atomic E-state index is 0.845. The topological polar surface area (TPSA) is 87.0 Å². The molecule has 0 aliphatic rings. The maximum atomic E-state index is 11.4. The van der Waals surface area contributed by atoms with Gasteiger partial charge in [-0.3, -0.25) is 0 Å². The Morgan fingerprint density at radius 3 is 2.33 bits per heavy atom. The molecule has 0 bridgehead atoms. The number of alkyl halides is 3. The second-order valence-corrected chi connectivity index (χ2v) is 2.95. The summed E-state index contributed by atoms with van der Waals surface area (Å²) in [6, 6.07) is 1.27. The summed E-state index contributed by atoms with van der Waals surface area (Å²) in [6.45, 7) is -0.845. The van der Waals surface area contributed by atoms with Gasteiger partial charge in [0.05, 0.1) is 6.07 Å². The van der Waals surface area contributed by atoms with Crippen LogP contribution >= 0.6 is 7.82 Å². The second kappa shape index (κ2) is 5.96. The molecule has 1 atom stereocenters. The average Bonchev–Trinajstić information content (AvgIpc) is 2.14. The van der Waals surface area contributed by atoms with Crippen molar-refractivity contribution in [3.63, 3.8) is 0 Å². The summed E-state index contributed by atoms with van der Waals surface area (Å²) in [4.78, 5) is 6.14. The van der Waals surface area contributed by atoms with Gasteiger partial charge in [0.15, 0.2) is 6.61 Å². The molecule has 7 nitrogen and oxygen atoms in total. The van der Waals surface area contributed by atoms with E-state index in [-0.39, 0.29) is 0 Å². The Labute approximate surface area is 79.4 Å². The van der Waals surface area contributed by atoms with Crippen LogP contribution in [0.1, 0.15) is 0 Å². The Morgan fingerprint density at radius 2 is 1.93 bits per heavy atom. The van der Waals surface area contributed by atoms with Gasteiger partial charge < -0.3 is 0 Å². The molecule has 0 rings (SSSR count). The second-order valence-electron chi connectivity index (χ2n) is 1.61. The first kappa shape index (κ1) is 14.2. The quantitative estimate of drug-likeness (QED) is 0.235. The molecule has 15 heavy (non-hydrogen) atoms. The van der Waals surface area contributed by atoms with E-state index in [0.29, 0.717) is 0 Å². The van der Waals surface area contributed by atoms with Crippen molar-refractivity contribution in [2.24, 2.45) is 0 Å². The number of rotatable bonds is 6. The molecule has 0 saturated carbocycles. The molecule has 0 heterocycles. The fraction of sp³-hybridized carbons (Fsp3) is 0.667. The molecule has 0 saturated heterocycles. The lowest BCUT2D eigenvalue weighted by atomic mass is 10.9. The summed E-state index contributed by atoms with van der Waals surface area (Å²) in [5, 5.41) is 7.86.